The summed E-state index contributed by atoms with van der Waals surface area (Å²) in [5, 5.41) is 3.21. The van der Waals surface area contributed by atoms with Crippen molar-refractivity contribution in [1.29, 1.82) is 0 Å². The normalized spacial score (nSPS) is 19.2. The first kappa shape index (κ1) is 21.4. The lowest BCUT2D eigenvalue weighted by Crippen LogP contribution is -2.48. The van der Waals surface area contributed by atoms with E-state index in [9.17, 15) is 4.79 Å². The molecule has 0 bridgehead atoms. The lowest BCUT2D eigenvalue weighted by atomic mass is 9.97. The molecule has 1 aliphatic rings. The zero-order valence-corrected chi connectivity index (χ0v) is 16.6. The molecule has 142 valence electrons. The molecule has 0 aromatic rings. The quantitative estimate of drug-likeness (QED) is 0.554. The molecule has 1 N–H and O–H groups in total. The molecule has 1 amide bonds. The summed E-state index contributed by atoms with van der Waals surface area (Å²) >= 11 is 0. The van der Waals surface area contributed by atoms with Crippen LogP contribution in [0.4, 0.5) is 0 Å². The third-order valence-corrected chi connectivity index (χ3v) is 5.38. The summed E-state index contributed by atoms with van der Waals surface area (Å²) < 4.78 is 0. The maximum atomic E-state index is 12.4. The molecule has 1 saturated heterocycles. The predicted octanol–water partition coefficient (Wildman–Crippen LogP) is 3.37. The highest BCUT2D eigenvalue weighted by atomic mass is 16.1. The summed E-state index contributed by atoms with van der Waals surface area (Å²) in [6, 6.07) is 0. The Morgan fingerprint density at radius 1 is 1.00 bits per heavy atom. The second-order valence-electron chi connectivity index (χ2n) is 7.54. The Labute approximate surface area is 150 Å². The molecule has 0 aromatic heterocycles. The van der Waals surface area contributed by atoms with E-state index >= 15 is 0 Å². The van der Waals surface area contributed by atoms with E-state index in [1.165, 1.54) is 51.9 Å². The van der Waals surface area contributed by atoms with Crippen molar-refractivity contribution in [2.24, 2.45) is 11.8 Å². The summed E-state index contributed by atoms with van der Waals surface area (Å²) in [4.78, 5) is 17.4. The van der Waals surface area contributed by atoms with Gasteiger partial charge < -0.3 is 15.1 Å². The average molecular weight is 340 g/mol. The van der Waals surface area contributed by atoms with Gasteiger partial charge in [0, 0.05) is 45.2 Å². The van der Waals surface area contributed by atoms with Crippen LogP contribution in [0.2, 0.25) is 0 Å². The van der Waals surface area contributed by atoms with Crippen molar-refractivity contribution in [3.8, 4) is 0 Å². The van der Waals surface area contributed by atoms with Crippen LogP contribution in [0.1, 0.15) is 66.2 Å². The van der Waals surface area contributed by atoms with Crippen molar-refractivity contribution in [3.63, 3.8) is 0 Å². The molecule has 0 saturated carbocycles. The number of hydrogen-bond donors (Lipinski definition) is 1. The average Bonchev–Trinajstić information content (AvgIpc) is 2.60. The van der Waals surface area contributed by atoms with Gasteiger partial charge in [0.05, 0.1) is 0 Å². The molecule has 4 heteroatoms. The zero-order chi connectivity index (χ0) is 17.8. The minimum Gasteiger partial charge on any atom is -0.356 e. The highest BCUT2D eigenvalue weighted by molar-refractivity contribution is 5.78. The molecule has 0 spiro atoms. The first-order valence-corrected chi connectivity index (χ1v) is 10.3. The van der Waals surface area contributed by atoms with Gasteiger partial charge >= 0.3 is 0 Å². The van der Waals surface area contributed by atoms with Crippen molar-refractivity contribution >= 4 is 5.91 Å². The summed E-state index contributed by atoms with van der Waals surface area (Å²) in [5.41, 5.74) is 0. The summed E-state index contributed by atoms with van der Waals surface area (Å²) in [6.45, 7) is 16.7. The van der Waals surface area contributed by atoms with E-state index in [0.29, 0.717) is 5.92 Å². The number of amides is 1. The molecular weight excluding hydrogens is 298 g/mol. The third-order valence-electron chi connectivity index (χ3n) is 5.38. The van der Waals surface area contributed by atoms with Crippen LogP contribution in [0.15, 0.2) is 0 Å². The van der Waals surface area contributed by atoms with E-state index in [-0.39, 0.29) is 11.8 Å². The Balaban J connectivity index is 2.19. The van der Waals surface area contributed by atoms with Crippen molar-refractivity contribution in [2.45, 2.75) is 66.2 Å². The monoisotopic (exact) mass is 339 g/mol. The maximum absolute atomic E-state index is 12.4. The predicted molar refractivity (Wildman–Crippen MR) is 103 cm³/mol. The molecule has 4 nitrogen and oxygen atoms in total. The number of carbonyl (C=O) groups is 1. The molecular formula is C20H41N3O. The number of likely N-dealkylation sites (N-methyl/N-ethyl adjacent to an activating group) is 1. The Morgan fingerprint density at radius 3 is 2.25 bits per heavy atom. The summed E-state index contributed by atoms with van der Waals surface area (Å²) in [6.07, 6.45) is 7.02. The fourth-order valence-electron chi connectivity index (χ4n) is 3.55. The molecule has 0 radical (unpaired) electrons. The van der Waals surface area contributed by atoms with Gasteiger partial charge in [0.15, 0.2) is 0 Å². The number of piperazine rings is 1. The van der Waals surface area contributed by atoms with Crippen LogP contribution in [0, 0.1) is 11.8 Å². The van der Waals surface area contributed by atoms with Gasteiger partial charge in [-0.25, -0.2) is 0 Å². The van der Waals surface area contributed by atoms with Crippen molar-refractivity contribution in [3.05, 3.63) is 0 Å². The Bertz CT molecular complexity index is 327. The van der Waals surface area contributed by atoms with E-state index < -0.39 is 0 Å². The summed E-state index contributed by atoms with van der Waals surface area (Å²) in [7, 11) is 0. The molecule has 0 aliphatic carbocycles. The first-order valence-electron chi connectivity index (χ1n) is 10.3. The second-order valence-corrected chi connectivity index (χ2v) is 7.54. The summed E-state index contributed by atoms with van der Waals surface area (Å²) in [5.74, 6) is 1.01. The van der Waals surface area contributed by atoms with Gasteiger partial charge in [0.2, 0.25) is 5.91 Å². The Hall–Kier alpha value is -0.610. The third kappa shape index (κ3) is 8.48. The minimum absolute atomic E-state index is 0.210. The van der Waals surface area contributed by atoms with Crippen LogP contribution >= 0.6 is 0 Å². The van der Waals surface area contributed by atoms with Gasteiger partial charge in [-0.1, -0.05) is 53.4 Å². The van der Waals surface area contributed by atoms with E-state index in [0.717, 1.165) is 32.5 Å². The fraction of sp³-hybridized carbons (Fsp3) is 0.950. The minimum atomic E-state index is 0.210. The zero-order valence-electron chi connectivity index (χ0n) is 16.6. The number of nitrogens with one attached hydrogen (secondary N) is 1. The first-order chi connectivity index (χ1) is 11.6. The van der Waals surface area contributed by atoms with Gasteiger partial charge in [0.1, 0.15) is 0 Å². The molecule has 0 unspecified atom stereocenters. The standard InChI is InChI=1S/C20H41N3O/c1-5-8-9-10-11-19(6-2)20(24)21-16-18(4)17-23-14-12-22(7-3)13-15-23/h18-19H,5-17H2,1-4H3,(H,21,24)/t18-,19-/m1/s1. The molecule has 24 heavy (non-hydrogen) atoms. The van der Waals surface area contributed by atoms with Gasteiger partial charge in [-0.2, -0.15) is 0 Å². The van der Waals surface area contributed by atoms with Crippen molar-refractivity contribution in [1.82, 2.24) is 15.1 Å². The van der Waals surface area contributed by atoms with Crippen molar-refractivity contribution < 1.29 is 4.79 Å². The fourth-order valence-corrected chi connectivity index (χ4v) is 3.55. The lowest BCUT2D eigenvalue weighted by molar-refractivity contribution is -0.125. The van der Waals surface area contributed by atoms with Crippen LogP contribution in [0.3, 0.4) is 0 Å². The van der Waals surface area contributed by atoms with E-state index in [1.807, 2.05) is 0 Å². The molecule has 0 aromatic carbocycles. The smallest absolute Gasteiger partial charge is 0.223 e. The Kier molecular flexibility index (Phi) is 11.4. The van der Waals surface area contributed by atoms with Crippen LogP contribution in [0.25, 0.3) is 0 Å². The molecule has 1 heterocycles. The van der Waals surface area contributed by atoms with Crippen LogP contribution in [0.5, 0.6) is 0 Å². The van der Waals surface area contributed by atoms with Gasteiger partial charge in [-0.3, -0.25) is 4.79 Å². The topological polar surface area (TPSA) is 35.6 Å². The van der Waals surface area contributed by atoms with E-state index in [4.69, 9.17) is 0 Å². The lowest BCUT2D eigenvalue weighted by Gasteiger charge is -2.35. The Morgan fingerprint density at radius 2 is 1.67 bits per heavy atom. The highest BCUT2D eigenvalue weighted by Gasteiger charge is 2.19. The molecule has 1 fully saturated rings. The largest absolute Gasteiger partial charge is 0.356 e. The van der Waals surface area contributed by atoms with Gasteiger partial charge in [0.25, 0.3) is 0 Å². The second kappa shape index (κ2) is 12.7. The van der Waals surface area contributed by atoms with Gasteiger partial charge in [-0.15, -0.1) is 0 Å². The molecule has 1 aliphatic heterocycles. The highest BCUT2D eigenvalue weighted by Crippen LogP contribution is 2.14. The SMILES string of the molecule is CCCCCC[C@@H](CC)C(=O)NC[C@@H](C)CN1CCN(CC)CC1. The van der Waals surface area contributed by atoms with Crippen molar-refractivity contribution in [2.75, 3.05) is 45.8 Å². The number of rotatable bonds is 12. The maximum Gasteiger partial charge on any atom is 0.223 e. The van der Waals surface area contributed by atoms with E-state index in [2.05, 4.69) is 42.8 Å². The number of unbranched alkanes of at least 4 members (excludes halogenated alkanes) is 3. The number of hydrogen-bond acceptors (Lipinski definition) is 3. The molecule has 2 atom stereocenters. The van der Waals surface area contributed by atoms with Crippen LogP contribution in [-0.2, 0) is 4.79 Å². The van der Waals surface area contributed by atoms with Gasteiger partial charge in [-0.05, 0) is 25.3 Å². The van der Waals surface area contributed by atoms with Crippen LogP contribution in [-0.4, -0.2) is 61.5 Å². The van der Waals surface area contributed by atoms with Crippen LogP contribution < -0.4 is 5.32 Å². The van der Waals surface area contributed by atoms with E-state index in [1.54, 1.807) is 0 Å². The molecule has 1 rings (SSSR count). The number of carbonyl (C=O) groups excluding carboxylic acids is 1. The number of nitrogens with zero attached hydrogens (tertiary/aromatic N) is 2.